The van der Waals surface area contributed by atoms with E-state index in [0.29, 0.717) is 25.4 Å². The Morgan fingerprint density at radius 3 is 2.50 bits per heavy atom. The van der Waals surface area contributed by atoms with Gasteiger partial charge in [-0.3, -0.25) is 0 Å². The van der Waals surface area contributed by atoms with E-state index in [0.717, 1.165) is 16.9 Å². The summed E-state index contributed by atoms with van der Waals surface area (Å²) in [4.78, 5) is 1.85. The van der Waals surface area contributed by atoms with Crippen molar-refractivity contribution < 1.29 is 13.2 Å². The number of rotatable bonds is 6. The van der Waals surface area contributed by atoms with Gasteiger partial charge in [-0.25, -0.2) is 8.42 Å². The van der Waals surface area contributed by atoms with E-state index >= 15 is 0 Å². The molecule has 8 heteroatoms. The highest BCUT2D eigenvalue weighted by Gasteiger charge is 2.32. The zero-order valence-corrected chi connectivity index (χ0v) is 16.1. The maximum absolute atomic E-state index is 12.6. The first-order valence-electron chi connectivity index (χ1n) is 8.54. The molecule has 140 valence electrons. The third kappa shape index (κ3) is 4.50. The van der Waals surface area contributed by atoms with E-state index in [-0.39, 0.29) is 11.9 Å². The molecule has 0 aliphatic carbocycles. The average Bonchev–Trinajstić information content (AvgIpc) is 3.07. The molecule has 0 N–H and O–H groups in total. The summed E-state index contributed by atoms with van der Waals surface area (Å²) >= 11 is 0. The maximum Gasteiger partial charge on any atom is 0.233 e. The second-order valence-corrected chi connectivity index (χ2v) is 8.72. The van der Waals surface area contributed by atoms with E-state index in [1.165, 1.54) is 4.31 Å². The van der Waals surface area contributed by atoms with Crippen molar-refractivity contribution in [2.24, 2.45) is 0 Å². The standard InChI is InChI=1S/C18H24N4O3S/c1-14-4-6-15(7-5-14)13-26(23,24)22-11-10-16(12-22)25-18-9-8-17(19-20-18)21(2)3/h4-9,16H,10-13H2,1-3H3. The zero-order chi connectivity index (χ0) is 18.7. The van der Waals surface area contributed by atoms with Crippen LogP contribution in [0.2, 0.25) is 0 Å². The van der Waals surface area contributed by atoms with Crippen molar-refractivity contribution in [2.75, 3.05) is 32.1 Å². The van der Waals surface area contributed by atoms with Gasteiger partial charge in [-0.05, 0) is 25.0 Å². The van der Waals surface area contributed by atoms with E-state index in [1.807, 2.05) is 56.3 Å². The average molecular weight is 376 g/mol. The molecule has 1 aliphatic rings. The minimum atomic E-state index is -3.36. The molecule has 0 saturated carbocycles. The van der Waals surface area contributed by atoms with Crippen LogP contribution in [0.4, 0.5) is 5.82 Å². The van der Waals surface area contributed by atoms with Gasteiger partial charge in [0.15, 0.2) is 5.82 Å². The molecule has 0 radical (unpaired) electrons. The lowest BCUT2D eigenvalue weighted by atomic mass is 10.2. The Morgan fingerprint density at radius 1 is 1.15 bits per heavy atom. The minimum absolute atomic E-state index is 0.0112. The number of anilines is 1. The highest BCUT2D eigenvalue weighted by Crippen LogP contribution is 2.21. The molecule has 3 rings (SSSR count). The number of aryl methyl sites for hydroxylation is 1. The van der Waals surface area contributed by atoms with Crippen LogP contribution in [0.1, 0.15) is 17.5 Å². The Kier molecular flexibility index (Phi) is 5.43. The summed E-state index contributed by atoms with van der Waals surface area (Å²) in [6.45, 7) is 2.78. The second-order valence-electron chi connectivity index (χ2n) is 6.75. The van der Waals surface area contributed by atoms with Crippen LogP contribution in [0.25, 0.3) is 0 Å². The van der Waals surface area contributed by atoms with Crippen molar-refractivity contribution in [1.29, 1.82) is 0 Å². The van der Waals surface area contributed by atoms with Gasteiger partial charge in [0.05, 0.1) is 12.3 Å². The lowest BCUT2D eigenvalue weighted by molar-refractivity contribution is 0.204. The predicted octanol–water partition coefficient (Wildman–Crippen LogP) is 1.83. The molecule has 1 saturated heterocycles. The van der Waals surface area contributed by atoms with Crippen LogP contribution in [-0.2, 0) is 15.8 Å². The van der Waals surface area contributed by atoms with Crippen molar-refractivity contribution >= 4 is 15.8 Å². The van der Waals surface area contributed by atoms with Gasteiger partial charge in [-0.2, -0.15) is 4.31 Å². The number of sulfonamides is 1. The number of hydrogen-bond donors (Lipinski definition) is 0. The fourth-order valence-electron chi connectivity index (χ4n) is 2.82. The Bertz CT molecular complexity index is 836. The first kappa shape index (κ1) is 18.6. The molecular weight excluding hydrogens is 352 g/mol. The Labute approximate surface area is 154 Å². The van der Waals surface area contributed by atoms with Crippen LogP contribution in [0.5, 0.6) is 5.88 Å². The van der Waals surface area contributed by atoms with Gasteiger partial charge in [-0.15, -0.1) is 10.2 Å². The minimum Gasteiger partial charge on any atom is -0.472 e. The summed E-state index contributed by atoms with van der Waals surface area (Å²) < 4.78 is 32.6. The van der Waals surface area contributed by atoms with Crippen LogP contribution in [-0.4, -0.2) is 56.2 Å². The largest absolute Gasteiger partial charge is 0.472 e. The van der Waals surface area contributed by atoms with Crippen LogP contribution in [0, 0.1) is 6.92 Å². The van der Waals surface area contributed by atoms with Crippen molar-refractivity contribution in [1.82, 2.24) is 14.5 Å². The molecule has 26 heavy (non-hydrogen) atoms. The van der Waals surface area contributed by atoms with Gasteiger partial charge in [-0.1, -0.05) is 29.8 Å². The Hall–Kier alpha value is -2.19. The molecule has 7 nitrogen and oxygen atoms in total. The highest BCUT2D eigenvalue weighted by molar-refractivity contribution is 7.88. The normalized spacial score (nSPS) is 18.0. The number of hydrogen-bond acceptors (Lipinski definition) is 6. The summed E-state index contributed by atoms with van der Waals surface area (Å²) in [5.41, 5.74) is 1.91. The van der Waals surface area contributed by atoms with E-state index in [9.17, 15) is 8.42 Å². The summed E-state index contributed by atoms with van der Waals surface area (Å²) in [5, 5.41) is 8.11. The van der Waals surface area contributed by atoms with Gasteiger partial charge in [0.2, 0.25) is 15.9 Å². The predicted molar refractivity (Wildman–Crippen MR) is 101 cm³/mol. The number of ether oxygens (including phenoxy) is 1. The summed E-state index contributed by atoms with van der Waals surface area (Å²) in [7, 11) is 0.416. The third-order valence-corrected chi connectivity index (χ3v) is 6.16. The first-order chi connectivity index (χ1) is 12.3. The molecule has 1 atom stereocenters. The first-order valence-corrected chi connectivity index (χ1v) is 10.2. The quantitative estimate of drug-likeness (QED) is 0.766. The van der Waals surface area contributed by atoms with Crippen molar-refractivity contribution in [3.63, 3.8) is 0 Å². The van der Waals surface area contributed by atoms with E-state index in [2.05, 4.69) is 10.2 Å². The molecule has 1 aromatic carbocycles. The zero-order valence-electron chi connectivity index (χ0n) is 15.3. The molecule has 1 unspecified atom stereocenters. The molecule has 0 spiro atoms. The topological polar surface area (TPSA) is 75.6 Å². The van der Waals surface area contributed by atoms with Crippen LogP contribution in [0.3, 0.4) is 0 Å². The van der Waals surface area contributed by atoms with Crippen molar-refractivity contribution in [3.8, 4) is 5.88 Å². The van der Waals surface area contributed by atoms with Crippen LogP contribution < -0.4 is 9.64 Å². The van der Waals surface area contributed by atoms with Crippen molar-refractivity contribution in [2.45, 2.75) is 25.2 Å². The fraction of sp³-hybridized carbons (Fsp3) is 0.444. The Balaban J connectivity index is 1.59. The lowest BCUT2D eigenvalue weighted by Gasteiger charge is -2.17. The molecule has 1 aromatic heterocycles. The summed E-state index contributed by atoms with van der Waals surface area (Å²) in [6.07, 6.45) is 0.437. The number of benzene rings is 1. The van der Waals surface area contributed by atoms with Crippen LogP contribution in [0.15, 0.2) is 36.4 Å². The Morgan fingerprint density at radius 2 is 1.88 bits per heavy atom. The fourth-order valence-corrected chi connectivity index (χ4v) is 4.39. The van der Waals surface area contributed by atoms with Gasteiger partial charge in [0.25, 0.3) is 0 Å². The molecular formula is C18H24N4O3S. The monoisotopic (exact) mass is 376 g/mol. The van der Waals surface area contributed by atoms with Gasteiger partial charge < -0.3 is 9.64 Å². The van der Waals surface area contributed by atoms with Gasteiger partial charge >= 0.3 is 0 Å². The molecule has 1 fully saturated rings. The lowest BCUT2D eigenvalue weighted by Crippen LogP contribution is -2.32. The smallest absolute Gasteiger partial charge is 0.233 e. The SMILES string of the molecule is Cc1ccc(CS(=O)(=O)N2CCC(Oc3ccc(N(C)C)nn3)C2)cc1. The molecule has 1 aliphatic heterocycles. The molecule has 0 amide bonds. The maximum atomic E-state index is 12.6. The van der Waals surface area contributed by atoms with Gasteiger partial charge in [0, 0.05) is 26.7 Å². The highest BCUT2D eigenvalue weighted by atomic mass is 32.2. The number of aromatic nitrogens is 2. The third-order valence-electron chi connectivity index (χ3n) is 4.34. The van der Waals surface area contributed by atoms with E-state index in [1.54, 1.807) is 6.07 Å². The van der Waals surface area contributed by atoms with Crippen LogP contribution >= 0.6 is 0 Å². The van der Waals surface area contributed by atoms with Gasteiger partial charge in [0.1, 0.15) is 6.10 Å². The summed E-state index contributed by atoms with van der Waals surface area (Å²) in [6, 6.07) is 11.2. The molecule has 2 heterocycles. The van der Waals surface area contributed by atoms with E-state index < -0.39 is 10.0 Å². The van der Waals surface area contributed by atoms with E-state index in [4.69, 9.17) is 4.74 Å². The van der Waals surface area contributed by atoms with Crippen molar-refractivity contribution in [3.05, 3.63) is 47.5 Å². The molecule has 2 aromatic rings. The second kappa shape index (κ2) is 7.59. The summed E-state index contributed by atoms with van der Waals surface area (Å²) in [5.74, 6) is 1.17. The molecule has 0 bridgehead atoms. The number of nitrogens with zero attached hydrogens (tertiary/aromatic N) is 4.